The second kappa shape index (κ2) is 4.07. The second-order valence-electron chi connectivity index (χ2n) is 3.72. The fraction of sp³-hybridized carbons (Fsp3) is 0.400. The van der Waals surface area contributed by atoms with Crippen LogP contribution >= 0.6 is 0 Å². The smallest absolute Gasteiger partial charge is 0.200 e. The van der Waals surface area contributed by atoms with Crippen molar-refractivity contribution in [2.24, 2.45) is 0 Å². The number of hydrogen-bond donors (Lipinski definition) is 0. The first-order chi connectivity index (χ1) is 7.24. The van der Waals surface area contributed by atoms with Crippen molar-refractivity contribution >= 4 is 7.85 Å². The molecule has 0 aliphatic heterocycles. The van der Waals surface area contributed by atoms with Gasteiger partial charge in [0.25, 0.3) is 0 Å². The molecule has 0 saturated carbocycles. The van der Waals surface area contributed by atoms with Gasteiger partial charge in [-0.15, -0.1) is 0 Å². The molecule has 0 aliphatic carbocycles. The largest absolute Gasteiger partial charge is 0.203 e. The molecule has 16 heavy (non-hydrogen) atoms. The summed E-state index contributed by atoms with van der Waals surface area (Å²) in [5, 5.41) is -1.61. The van der Waals surface area contributed by atoms with Crippen LogP contribution in [-0.4, -0.2) is 7.85 Å². The molecule has 1 unspecified atom stereocenters. The van der Waals surface area contributed by atoms with Gasteiger partial charge in [-0.25, -0.2) is 22.0 Å². The van der Waals surface area contributed by atoms with Crippen molar-refractivity contribution in [2.45, 2.75) is 25.6 Å². The average Bonchev–Trinajstić information content (AvgIpc) is 2.23. The van der Waals surface area contributed by atoms with Crippen LogP contribution in [0.3, 0.4) is 0 Å². The molecular weight excluding hydrogens is 226 g/mol. The molecule has 0 nitrogen and oxygen atoms in total. The Bertz CT molecular complexity index is 399. The van der Waals surface area contributed by atoms with Crippen LogP contribution in [0, 0.1) is 29.1 Å². The Kier molecular flexibility index (Phi) is 3.31. The van der Waals surface area contributed by atoms with E-state index in [1.165, 1.54) is 13.8 Å². The third kappa shape index (κ3) is 1.81. The molecular formula is C10H8BF5. The molecule has 1 atom stereocenters. The first kappa shape index (κ1) is 13.0. The molecule has 0 fully saturated rings. The fourth-order valence-electron chi connectivity index (χ4n) is 1.28. The predicted molar refractivity (Wildman–Crippen MR) is 49.6 cm³/mol. The van der Waals surface area contributed by atoms with Crippen LogP contribution in [0.2, 0.25) is 0 Å². The molecule has 0 spiro atoms. The van der Waals surface area contributed by atoms with Crippen LogP contribution in [-0.2, 0) is 5.31 Å². The first-order valence-electron chi connectivity index (χ1n) is 4.54. The summed E-state index contributed by atoms with van der Waals surface area (Å²) in [5.41, 5.74) is -0.980. The lowest BCUT2D eigenvalue weighted by Gasteiger charge is -2.25. The van der Waals surface area contributed by atoms with Crippen molar-refractivity contribution in [3.05, 3.63) is 34.6 Å². The van der Waals surface area contributed by atoms with E-state index in [-0.39, 0.29) is 6.42 Å². The summed E-state index contributed by atoms with van der Waals surface area (Å²) in [4.78, 5) is 0. The van der Waals surface area contributed by atoms with Gasteiger partial charge in [0.2, 0.25) is 5.82 Å². The monoisotopic (exact) mass is 234 g/mol. The van der Waals surface area contributed by atoms with Gasteiger partial charge < -0.3 is 0 Å². The van der Waals surface area contributed by atoms with Crippen molar-refractivity contribution in [1.29, 1.82) is 0 Å². The van der Waals surface area contributed by atoms with Crippen LogP contribution in [0.15, 0.2) is 0 Å². The fourth-order valence-corrected chi connectivity index (χ4v) is 1.28. The van der Waals surface area contributed by atoms with Gasteiger partial charge in [0.05, 0.1) is 7.85 Å². The molecule has 0 heterocycles. The SMILES string of the molecule is [B]C(C)(CC)c1c(F)c(F)c(F)c(F)c1F. The molecule has 2 radical (unpaired) electrons. The minimum Gasteiger partial charge on any atom is -0.203 e. The van der Waals surface area contributed by atoms with Gasteiger partial charge in [-0.1, -0.05) is 20.3 Å². The van der Waals surface area contributed by atoms with Gasteiger partial charge in [-0.2, -0.15) is 0 Å². The Morgan fingerprint density at radius 2 is 1.19 bits per heavy atom. The van der Waals surface area contributed by atoms with Gasteiger partial charge in [0.1, 0.15) is 0 Å². The zero-order valence-corrected chi connectivity index (χ0v) is 8.67. The summed E-state index contributed by atoms with van der Waals surface area (Å²) in [6, 6.07) is 0. The lowest BCUT2D eigenvalue weighted by atomic mass is 9.63. The summed E-state index contributed by atoms with van der Waals surface area (Å²) in [6.45, 7) is 2.68. The van der Waals surface area contributed by atoms with E-state index in [0.29, 0.717) is 0 Å². The van der Waals surface area contributed by atoms with Crippen molar-refractivity contribution in [1.82, 2.24) is 0 Å². The van der Waals surface area contributed by atoms with Crippen LogP contribution in [0.4, 0.5) is 22.0 Å². The maximum absolute atomic E-state index is 13.3. The van der Waals surface area contributed by atoms with Crippen molar-refractivity contribution in [3.8, 4) is 0 Å². The third-order valence-electron chi connectivity index (χ3n) is 2.52. The standard InChI is InChI=1S/C10H8BF5/c1-3-10(2,11)4-5(12)7(14)9(16)8(15)6(4)13/h3H2,1-2H3. The molecule has 86 valence electrons. The van der Waals surface area contributed by atoms with Gasteiger partial charge in [-0.3, -0.25) is 0 Å². The molecule has 1 aromatic rings. The summed E-state index contributed by atoms with van der Waals surface area (Å²) in [7, 11) is 5.49. The van der Waals surface area contributed by atoms with Crippen LogP contribution in [0.25, 0.3) is 0 Å². The average molecular weight is 234 g/mol. The summed E-state index contributed by atoms with van der Waals surface area (Å²) in [5.74, 6) is -9.87. The van der Waals surface area contributed by atoms with Crippen molar-refractivity contribution < 1.29 is 22.0 Å². The van der Waals surface area contributed by atoms with Crippen molar-refractivity contribution in [3.63, 3.8) is 0 Å². The quantitative estimate of drug-likeness (QED) is 0.319. The first-order valence-corrected chi connectivity index (χ1v) is 4.54. The predicted octanol–water partition coefficient (Wildman–Crippen LogP) is 3.18. The maximum Gasteiger partial charge on any atom is 0.200 e. The van der Waals surface area contributed by atoms with E-state index < -0.39 is 40.0 Å². The molecule has 6 heteroatoms. The molecule has 1 aromatic carbocycles. The summed E-state index contributed by atoms with van der Waals surface area (Å²) >= 11 is 0. The topological polar surface area (TPSA) is 0 Å². The summed E-state index contributed by atoms with van der Waals surface area (Å²) in [6.07, 6.45) is 0.0331. The molecule has 0 saturated heterocycles. The Balaban J connectivity index is 3.65. The zero-order chi connectivity index (χ0) is 12.7. The number of halogens is 5. The normalized spacial score (nSPS) is 14.9. The van der Waals surface area contributed by atoms with Crippen LogP contribution < -0.4 is 0 Å². The number of benzene rings is 1. The Hall–Kier alpha value is -1.07. The van der Waals surface area contributed by atoms with Crippen molar-refractivity contribution in [2.75, 3.05) is 0 Å². The number of hydrogen-bond acceptors (Lipinski definition) is 0. The highest BCUT2D eigenvalue weighted by Crippen LogP contribution is 2.32. The van der Waals surface area contributed by atoms with Crippen LogP contribution in [0.5, 0.6) is 0 Å². The number of rotatable bonds is 2. The molecule has 0 N–H and O–H groups in total. The minimum absolute atomic E-state index is 0.0331. The van der Waals surface area contributed by atoms with Gasteiger partial charge >= 0.3 is 0 Å². The highest BCUT2D eigenvalue weighted by Gasteiger charge is 2.33. The lowest BCUT2D eigenvalue weighted by molar-refractivity contribution is 0.359. The molecule has 0 aromatic heterocycles. The molecule has 0 amide bonds. The van der Waals surface area contributed by atoms with E-state index in [1.54, 1.807) is 0 Å². The zero-order valence-electron chi connectivity index (χ0n) is 8.67. The van der Waals surface area contributed by atoms with E-state index >= 15 is 0 Å². The van der Waals surface area contributed by atoms with E-state index in [9.17, 15) is 22.0 Å². The van der Waals surface area contributed by atoms with Gasteiger partial charge in [-0.05, 0) is 5.31 Å². The Morgan fingerprint density at radius 3 is 1.50 bits per heavy atom. The minimum atomic E-state index is -2.18. The van der Waals surface area contributed by atoms with E-state index in [0.717, 1.165) is 0 Å². The van der Waals surface area contributed by atoms with Crippen LogP contribution in [0.1, 0.15) is 25.8 Å². The molecule has 0 bridgehead atoms. The lowest BCUT2D eigenvalue weighted by Crippen LogP contribution is -2.26. The van der Waals surface area contributed by atoms with E-state index in [4.69, 9.17) is 7.85 Å². The Labute approximate surface area is 90.9 Å². The third-order valence-corrected chi connectivity index (χ3v) is 2.52. The van der Waals surface area contributed by atoms with Gasteiger partial charge in [0.15, 0.2) is 23.3 Å². The second-order valence-corrected chi connectivity index (χ2v) is 3.72. The maximum atomic E-state index is 13.3. The summed E-state index contributed by atoms with van der Waals surface area (Å²) < 4.78 is 65.0. The molecule has 0 aliphatic rings. The highest BCUT2D eigenvalue weighted by molar-refractivity contribution is 6.15. The van der Waals surface area contributed by atoms with E-state index in [2.05, 4.69) is 0 Å². The van der Waals surface area contributed by atoms with E-state index in [1.807, 2.05) is 0 Å². The van der Waals surface area contributed by atoms with Gasteiger partial charge in [0, 0.05) is 5.56 Å². The highest BCUT2D eigenvalue weighted by atomic mass is 19.2. The molecule has 1 rings (SSSR count). The Morgan fingerprint density at radius 1 is 0.875 bits per heavy atom.